The van der Waals surface area contributed by atoms with Crippen LogP contribution in [0.25, 0.3) is 0 Å². The van der Waals surface area contributed by atoms with Crippen molar-refractivity contribution in [1.82, 2.24) is 10.1 Å². The van der Waals surface area contributed by atoms with Gasteiger partial charge in [-0.1, -0.05) is 11.2 Å². The third kappa shape index (κ3) is 4.02. The molecule has 0 saturated carbocycles. The molecule has 0 saturated heterocycles. The van der Waals surface area contributed by atoms with Crippen molar-refractivity contribution in [3.8, 4) is 5.75 Å². The molecule has 0 fully saturated rings. The van der Waals surface area contributed by atoms with Crippen molar-refractivity contribution in [3.63, 3.8) is 0 Å². The summed E-state index contributed by atoms with van der Waals surface area (Å²) in [7, 11) is -3.27. The van der Waals surface area contributed by atoms with Gasteiger partial charge < -0.3 is 15.0 Å². The molecule has 0 aliphatic carbocycles. The van der Waals surface area contributed by atoms with Crippen LogP contribution in [-0.2, 0) is 22.0 Å². The molecule has 0 bridgehead atoms. The summed E-state index contributed by atoms with van der Waals surface area (Å²) in [6.45, 7) is 3.56. The van der Waals surface area contributed by atoms with E-state index in [1.807, 2.05) is 0 Å². The molecule has 0 amide bonds. The summed E-state index contributed by atoms with van der Waals surface area (Å²) in [5, 5.41) is 3.77. The predicted molar refractivity (Wildman–Crippen MR) is 75.4 cm³/mol. The normalized spacial score (nSPS) is 12.4. The van der Waals surface area contributed by atoms with E-state index in [2.05, 4.69) is 10.1 Å². The number of sulfone groups is 1. The third-order valence-electron chi connectivity index (χ3n) is 2.64. The van der Waals surface area contributed by atoms with E-state index >= 15 is 0 Å². The molecular formula is C13H17N3O4S. The molecule has 1 aromatic carbocycles. The van der Waals surface area contributed by atoms with Crippen molar-refractivity contribution in [2.75, 3.05) is 6.26 Å². The number of ether oxygens (including phenoxy) is 1. The Labute approximate surface area is 123 Å². The van der Waals surface area contributed by atoms with E-state index in [9.17, 15) is 8.42 Å². The molecule has 1 heterocycles. The van der Waals surface area contributed by atoms with Crippen molar-refractivity contribution in [1.29, 1.82) is 0 Å². The fourth-order valence-electron chi connectivity index (χ4n) is 1.51. The average Bonchev–Trinajstić information content (AvgIpc) is 2.84. The van der Waals surface area contributed by atoms with Gasteiger partial charge in [0.2, 0.25) is 0 Å². The summed E-state index contributed by atoms with van der Waals surface area (Å²) >= 11 is 0. The maximum absolute atomic E-state index is 11.5. The lowest BCUT2D eigenvalue weighted by Gasteiger charge is -2.11. The first-order valence-electron chi connectivity index (χ1n) is 6.21. The summed E-state index contributed by atoms with van der Waals surface area (Å²) in [4.78, 5) is 4.31. The number of nitrogens with zero attached hydrogens (tertiary/aromatic N) is 2. The van der Waals surface area contributed by atoms with Gasteiger partial charge in [-0.05, 0) is 32.0 Å². The van der Waals surface area contributed by atoms with E-state index in [4.69, 9.17) is 15.0 Å². The predicted octanol–water partition coefficient (Wildman–Crippen LogP) is 1.25. The Kier molecular flexibility index (Phi) is 4.02. The van der Waals surface area contributed by atoms with Crippen LogP contribution in [0.3, 0.4) is 0 Å². The lowest BCUT2D eigenvalue weighted by Crippen LogP contribution is -2.30. The fourth-order valence-corrected chi connectivity index (χ4v) is 2.17. The first kappa shape index (κ1) is 15.5. The molecule has 0 unspecified atom stereocenters. The number of rotatable bonds is 5. The van der Waals surface area contributed by atoms with Gasteiger partial charge >= 0.3 is 0 Å². The number of nitrogens with two attached hydrogens (primary N) is 1. The highest BCUT2D eigenvalue weighted by atomic mass is 32.2. The van der Waals surface area contributed by atoms with Gasteiger partial charge in [-0.3, -0.25) is 0 Å². The lowest BCUT2D eigenvalue weighted by molar-refractivity contribution is 0.241. The first-order chi connectivity index (χ1) is 9.66. The molecule has 0 aliphatic rings. The molecule has 2 N–H and O–H groups in total. The van der Waals surface area contributed by atoms with Crippen LogP contribution >= 0.6 is 0 Å². The van der Waals surface area contributed by atoms with E-state index in [-0.39, 0.29) is 17.4 Å². The summed E-state index contributed by atoms with van der Waals surface area (Å²) in [5.41, 5.74) is 5.16. The smallest absolute Gasteiger partial charge is 0.264 e. The summed E-state index contributed by atoms with van der Waals surface area (Å²) in [6, 6.07) is 6.20. The quantitative estimate of drug-likeness (QED) is 0.885. The minimum Gasteiger partial charge on any atom is -0.484 e. The molecule has 114 valence electrons. The Bertz CT molecular complexity index is 732. The monoisotopic (exact) mass is 311 g/mol. The summed E-state index contributed by atoms with van der Waals surface area (Å²) < 4.78 is 33.4. The van der Waals surface area contributed by atoms with Gasteiger partial charge in [-0.2, -0.15) is 4.98 Å². The molecule has 2 rings (SSSR count). The Morgan fingerprint density at radius 2 is 2.10 bits per heavy atom. The fraction of sp³-hybridized carbons (Fsp3) is 0.385. The molecule has 7 nitrogen and oxygen atoms in total. The van der Waals surface area contributed by atoms with Crippen LogP contribution in [0.1, 0.15) is 25.6 Å². The van der Waals surface area contributed by atoms with E-state index in [0.717, 1.165) is 6.26 Å². The van der Waals surface area contributed by atoms with Gasteiger partial charge in [0.15, 0.2) is 22.3 Å². The number of hydrogen-bond acceptors (Lipinski definition) is 7. The molecule has 0 atom stereocenters. The van der Waals surface area contributed by atoms with Gasteiger partial charge in [-0.15, -0.1) is 0 Å². The zero-order chi connectivity index (χ0) is 15.7. The van der Waals surface area contributed by atoms with Crippen molar-refractivity contribution in [3.05, 3.63) is 36.0 Å². The highest BCUT2D eigenvalue weighted by Gasteiger charge is 2.21. The molecule has 8 heteroatoms. The maximum atomic E-state index is 11.5. The summed E-state index contributed by atoms with van der Waals surface area (Å²) in [6.07, 6.45) is 1.14. The SMILES string of the molecule is CC(C)(N)c1noc(COc2cccc(S(C)(=O)=O)c2)n1. The average molecular weight is 311 g/mol. The van der Waals surface area contributed by atoms with Crippen molar-refractivity contribution in [2.45, 2.75) is 30.9 Å². The van der Waals surface area contributed by atoms with Crippen LogP contribution in [-0.4, -0.2) is 24.8 Å². The maximum Gasteiger partial charge on any atom is 0.264 e. The minimum atomic E-state index is -3.27. The minimum absolute atomic E-state index is 0.0380. The van der Waals surface area contributed by atoms with Crippen molar-refractivity contribution < 1.29 is 17.7 Å². The molecule has 21 heavy (non-hydrogen) atoms. The molecule has 0 aliphatic heterocycles. The third-order valence-corrected chi connectivity index (χ3v) is 3.75. The second kappa shape index (κ2) is 5.45. The van der Waals surface area contributed by atoms with Gasteiger partial charge in [0.05, 0.1) is 10.4 Å². The van der Waals surface area contributed by atoms with Crippen molar-refractivity contribution >= 4 is 9.84 Å². The Hall–Kier alpha value is -1.93. The van der Waals surface area contributed by atoms with Crippen LogP contribution in [0.15, 0.2) is 33.7 Å². The zero-order valence-electron chi connectivity index (χ0n) is 12.0. The van der Waals surface area contributed by atoms with Crippen LogP contribution < -0.4 is 10.5 Å². The van der Waals surface area contributed by atoms with Gasteiger partial charge in [0.25, 0.3) is 5.89 Å². The molecule has 0 radical (unpaired) electrons. The second-order valence-electron chi connectivity index (χ2n) is 5.27. The van der Waals surface area contributed by atoms with Crippen LogP contribution in [0, 0.1) is 0 Å². The Balaban J connectivity index is 2.09. The first-order valence-corrected chi connectivity index (χ1v) is 8.10. The Morgan fingerprint density at radius 1 is 1.38 bits per heavy atom. The van der Waals surface area contributed by atoms with Crippen LogP contribution in [0.2, 0.25) is 0 Å². The van der Waals surface area contributed by atoms with E-state index < -0.39 is 15.4 Å². The second-order valence-corrected chi connectivity index (χ2v) is 7.28. The largest absolute Gasteiger partial charge is 0.484 e. The Morgan fingerprint density at radius 3 is 2.67 bits per heavy atom. The van der Waals surface area contributed by atoms with Gasteiger partial charge in [0.1, 0.15) is 5.75 Å². The number of benzene rings is 1. The van der Waals surface area contributed by atoms with Crippen LogP contribution in [0.4, 0.5) is 0 Å². The van der Waals surface area contributed by atoms with E-state index in [1.165, 1.54) is 12.1 Å². The highest BCUT2D eigenvalue weighted by molar-refractivity contribution is 7.90. The molecular weight excluding hydrogens is 294 g/mol. The molecule has 0 spiro atoms. The standard InChI is InChI=1S/C13H17N3O4S/c1-13(2,14)12-15-11(20-16-12)8-19-9-5-4-6-10(7-9)21(3,17)18/h4-7H,8,14H2,1-3H3. The molecule has 1 aromatic heterocycles. The number of hydrogen-bond donors (Lipinski definition) is 1. The van der Waals surface area contributed by atoms with Crippen molar-refractivity contribution in [2.24, 2.45) is 5.73 Å². The van der Waals surface area contributed by atoms with E-state index in [0.29, 0.717) is 11.6 Å². The van der Waals surface area contributed by atoms with E-state index in [1.54, 1.807) is 26.0 Å². The van der Waals surface area contributed by atoms with Gasteiger partial charge in [-0.25, -0.2) is 8.42 Å². The number of aromatic nitrogens is 2. The zero-order valence-corrected chi connectivity index (χ0v) is 12.8. The highest BCUT2D eigenvalue weighted by Crippen LogP contribution is 2.19. The molecule has 2 aromatic rings. The van der Waals surface area contributed by atoms with Gasteiger partial charge in [0, 0.05) is 6.26 Å². The lowest BCUT2D eigenvalue weighted by atomic mass is 10.1. The summed E-state index contributed by atoms with van der Waals surface area (Å²) in [5.74, 6) is 1.06. The van der Waals surface area contributed by atoms with Crippen LogP contribution in [0.5, 0.6) is 5.75 Å². The topological polar surface area (TPSA) is 108 Å².